The molecule has 1 aromatic rings. The minimum atomic E-state index is -0.0759. The molecule has 1 aromatic carbocycles. The number of piperidine rings is 1. The monoisotopic (exact) mass is 235 g/mol. The van der Waals surface area contributed by atoms with Gasteiger partial charge >= 0.3 is 0 Å². The summed E-state index contributed by atoms with van der Waals surface area (Å²) in [6.45, 7) is 8.55. The Morgan fingerprint density at radius 3 is 2.41 bits per heavy atom. The van der Waals surface area contributed by atoms with E-state index >= 15 is 0 Å². The van der Waals surface area contributed by atoms with Crippen LogP contribution in [0.2, 0.25) is 0 Å². The number of nitrogens with zero attached hydrogens (tertiary/aromatic N) is 1. The number of aryl methyl sites for hydroxylation is 1. The topological polar surface area (TPSA) is 3.24 Å². The van der Waals surface area contributed by atoms with Crippen molar-refractivity contribution >= 4 is 5.69 Å². The van der Waals surface area contributed by atoms with Crippen molar-refractivity contribution in [3.05, 3.63) is 29.6 Å². The van der Waals surface area contributed by atoms with Gasteiger partial charge in [0, 0.05) is 13.1 Å². The van der Waals surface area contributed by atoms with E-state index in [1.807, 2.05) is 13.0 Å². The highest BCUT2D eigenvalue weighted by Crippen LogP contribution is 2.30. The third kappa shape index (κ3) is 2.62. The molecule has 2 rings (SSSR count). The zero-order valence-corrected chi connectivity index (χ0v) is 11.0. The Labute approximate surface area is 104 Å². The summed E-state index contributed by atoms with van der Waals surface area (Å²) < 4.78 is 13.8. The van der Waals surface area contributed by atoms with E-state index in [0.717, 1.165) is 36.2 Å². The highest BCUT2D eigenvalue weighted by molar-refractivity contribution is 5.54. The lowest BCUT2D eigenvalue weighted by molar-refractivity contribution is 0.310. The maximum absolute atomic E-state index is 13.8. The first-order valence-corrected chi connectivity index (χ1v) is 6.59. The molecule has 1 nitrogen and oxygen atoms in total. The Kier molecular flexibility index (Phi) is 3.70. The number of anilines is 1. The second-order valence-corrected chi connectivity index (χ2v) is 5.47. The molecule has 0 amide bonds. The molecule has 1 aliphatic heterocycles. The summed E-state index contributed by atoms with van der Waals surface area (Å²) in [4.78, 5) is 2.21. The summed E-state index contributed by atoms with van der Waals surface area (Å²) in [5.41, 5.74) is 1.86. The third-order valence-corrected chi connectivity index (χ3v) is 3.99. The molecule has 1 aliphatic rings. The van der Waals surface area contributed by atoms with Gasteiger partial charge in [-0.25, -0.2) is 4.39 Å². The van der Waals surface area contributed by atoms with E-state index in [1.165, 1.54) is 12.8 Å². The minimum absolute atomic E-state index is 0.0759. The summed E-state index contributed by atoms with van der Waals surface area (Å²) in [5, 5.41) is 0. The van der Waals surface area contributed by atoms with Crippen molar-refractivity contribution in [1.82, 2.24) is 0 Å². The van der Waals surface area contributed by atoms with Crippen LogP contribution in [-0.4, -0.2) is 13.1 Å². The lowest BCUT2D eigenvalue weighted by atomic mass is 9.86. The summed E-state index contributed by atoms with van der Waals surface area (Å²) in [6, 6.07) is 5.35. The van der Waals surface area contributed by atoms with Crippen LogP contribution in [-0.2, 0) is 0 Å². The Morgan fingerprint density at radius 1 is 1.24 bits per heavy atom. The lowest BCUT2D eigenvalue weighted by Crippen LogP contribution is -2.36. The van der Waals surface area contributed by atoms with Crippen molar-refractivity contribution in [2.75, 3.05) is 18.0 Å². The molecule has 17 heavy (non-hydrogen) atoms. The minimum Gasteiger partial charge on any atom is -0.369 e. The maximum Gasteiger partial charge on any atom is 0.146 e. The molecule has 0 N–H and O–H groups in total. The normalized spacial score (nSPS) is 17.8. The number of rotatable bonds is 2. The van der Waals surface area contributed by atoms with E-state index in [0.29, 0.717) is 0 Å². The van der Waals surface area contributed by atoms with Gasteiger partial charge in [0.15, 0.2) is 0 Å². The van der Waals surface area contributed by atoms with E-state index in [4.69, 9.17) is 0 Å². The van der Waals surface area contributed by atoms with E-state index in [1.54, 1.807) is 12.1 Å². The molecule has 0 unspecified atom stereocenters. The van der Waals surface area contributed by atoms with Gasteiger partial charge in [0.25, 0.3) is 0 Å². The highest BCUT2D eigenvalue weighted by atomic mass is 19.1. The van der Waals surface area contributed by atoms with Gasteiger partial charge in [-0.3, -0.25) is 0 Å². The Morgan fingerprint density at radius 2 is 1.88 bits per heavy atom. The number of hydrogen-bond acceptors (Lipinski definition) is 1. The fourth-order valence-corrected chi connectivity index (χ4v) is 2.81. The fraction of sp³-hybridized carbons (Fsp3) is 0.600. The van der Waals surface area contributed by atoms with Gasteiger partial charge in [0.2, 0.25) is 0 Å². The first-order chi connectivity index (χ1) is 8.09. The Bertz CT molecular complexity index is 358. The molecular formula is C15H22FN. The zero-order valence-electron chi connectivity index (χ0n) is 11.0. The standard InChI is InChI=1S/C15H22FN/c1-11(2)13-7-9-17(10-8-13)15-12(3)5-4-6-14(15)16/h4-6,11,13H,7-10H2,1-3H3. The molecule has 0 saturated carbocycles. The van der Waals surface area contributed by atoms with Gasteiger partial charge in [0.05, 0.1) is 5.69 Å². The van der Waals surface area contributed by atoms with Crippen LogP contribution in [0.15, 0.2) is 18.2 Å². The van der Waals surface area contributed by atoms with E-state index in [9.17, 15) is 4.39 Å². The molecule has 0 radical (unpaired) electrons. The molecule has 0 atom stereocenters. The van der Waals surface area contributed by atoms with Gasteiger partial charge in [-0.1, -0.05) is 26.0 Å². The number of halogens is 1. The summed E-state index contributed by atoms with van der Waals surface area (Å²) in [6.07, 6.45) is 2.37. The number of para-hydroxylation sites is 1. The number of hydrogen-bond donors (Lipinski definition) is 0. The second kappa shape index (κ2) is 5.07. The van der Waals surface area contributed by atoms with Crippen molar-refractivity contribution in [1.29, 1.82) is 0 Å². The van der Waals surface area contributed by atoms with Gasteiger partial charge in [-0.2, -0.15) is 0 Å². The van der Waals surface area contributed by atoms with E-state index in [-0.39, 0.29) is 5.82 Å². The molecule has 0 spiro atoms. The van der Waals surface area contributed by atoms with Crippen LogP contribution in [0, 0.1) is 24.6 Å². The first-order valence-electron chi connectivity index (χ1n) is 6.59. The van der Waals surface area contributed by atoms with Crippen LogP contribution in [0.5, 0.6) is 0 Å². The van der Waals surface area contributed by atoms with Crippen molar-refractivity contribution in [3.8, 4) is 0 Å². The summed E-state index contributed by atoms with van der Waals surface area (Å²) in [7, 11) is 0. The van der Waals surface area contributed by atoms with Gasteiger partial charge in [0.1, 0.15) is 5.82 Å². The summed E-state index contributed by atoms with van der Waals surface area (Å²) >= 11 is 0. The molecule has 0 aromatic heterocycles. The molecule has 0 bridgehead atoms. The van der Waals surface area contributed by atoms with Crippen LogP contribution in [0.1, 0.15) is 32.3 Å². The third-order valence-electron chi connectivity index (χ3n) is 3.99. The smallest absolute Gasteiger partial charge is 0.146 e. The van der Waals surface area contributed by atoms with Crippen LogP contribution in [0.25, 0.3) is 0 Å². The summed E-state index contributed by atoms with van der Waals surface area (Å²) in [5.74, 6) is 1.48. The first kappa shape index (κ1) is 12.4. The van der Waals surface area contributed by atoms with Crippen molar-refractivity contribution < 1.29 is 4.39 Å². The van der Waals surface area contributed by atoms with Crippen LogP contribution in [0.4, 0.5) is 10.1 Å². The molecule has 94 valence electrons. The maximum atomic E-state index is 13.8. The van der Waals surface area contributed by atoms with Gasteiger partial charge in [-0.05, 0) is 43.2 Å². The van der Waals surface area contributed by atoms with Crippen LogP contribution >= 0.6 is 0 Å². The van der Waals surface area contributed by atoms with Gasteiger partial charge < -0.3 is 4.90 Å². The van der Waals surface area contributed by atoms with Crippen molar-refractivity contribution in [2.45, 2.75) is 33.6 Å². The van der Waals surface area contributed by atoms with Crippen LogP contribution < -0.4 is 4.90 Å². The molecule has 1 heterocycles. The molecule has 1 fully saturated rings. The number of benzene rings is 1. The lowest BCUT2D eigenvalue weighted by Gasteiger charge is -2.36. The van der Waals surface area contributed by atoms with Gasteiger partial charge in [-0.15, -0.1) is 0 Å². The van der Waals surface area contributed by atoms with Crippen molar-refractivity contribution in [2.24, 2.45) is 11.8 Å². The quantitative estimate of drug-likeness (QED) is 0.748. The Hall–Kier alpha value is -1.05. The SMILES string of the molecule is Cc1cccc(F)c1N1CCC(C(C)C)CC1. The van der Waals surface area contributed by atoms with Crippen molar-refractivity contribution in [3.63, 3.8) is 0 Å². The van der Waals surface area contributed by atoms with E-state index in [2.05, 4.69) is 18.7 Å². The molecule has 0 aliphatic carbocycles. The second-order valence-electron chi connectivity index (χ2n) is 5.47. The average molecular weight is 235 g/mol. The molecule has 2 heteroatoms. The average Bonchev–Trinajstić information content (AvgIpc) is 2.29. The van der Waals surface area contributed by atoms with Crippen LogP contribution in [0.3, 0.4) is 0 Å². The predicted octanol–water partition coefficient (Wildman–Crippen LogP) is 4.01. The predicted molar refractivity (Wildman–Crippen MR) is 70.9 cm³/mol. The molecule has 1 saturated heterocycles. The van der Waals surface area contributed by atoms with E-state index < -0.39 is 0 Å². The zero-order chi connectivity index (χ0) is 12.4. The highest BCUT2D eigenvalue weighted by Gasteiger charge is 2.23. The molecular weight excluding hydrogens is 213 g/mol. The fourth-order valence-electron chi connectivity index (χ4n) is 2.81. The largest absolute Gasteiger partial charge is 0.369 e. The Balaban J connectivity index is 2.11.